The number of nitrogens with one attached hydrogen (secondary N) is 3. The van der Waals surface area contributed by atoms with Gasteiger partial charge in [-0.3, -0.25) is 10.2 Å². The Morgan fingerprint density at radius 1 is 1.17 bits per heavy atom. The SMILES string of the molecule is C=C/C(NC/C(C)=N/NC(C)=C(C)C)=C(N)\C=C(/CC)C(=O)NCc1ccccc1OC(F)(F)F. The van der Waals surface area contributed by atoms with Crippen LogP contribution < -0.4 is 26.5 Å². The van der Waals surface area contributed by atoms with Crippen LogP contribution in [-0.2, 0) is 11.3 Å². The molecule has 0 aromatic heterocycles. The molecular weight excluding hydrogens is 459 g/mol. The number of alkyl halides is 3. The zero-order valence-electron chi connectivity index (χ0n) is 20.8. The molecule has 0 heterocycles. The van der Waals surface area contributed by atoms with Gasteiger partial charge in [0.2, 0.25) is 5.91 Å². The van der Waals surface area contributed by atoms with Gasteiger partial charge in [-0.25, -0.2) is 0 Å². The second-order valence-electron chi connectivity index (χ2n) is 7.87. The summed E-state index contributed by atoms with van der Waals surface area (Å²) in [7, 11) is 0. The van der Waals surface area contributed by atoms with E-state index in [1.165, 1.54) is 30.4 Å². The zero-order chi connectivity index (χ0) is 26.6. The first-order valence-corrected chi connectivity index (χ1v) is 11.0. The summed E-state index contributed by atoms with van der Waals surface area (Å²) in [6.07, 6.45) is -1.44. The van der Waals surface area contributed by atoms with Crippen LogP contribution in [0, 0.1) is 0 Å². The van der Waals surface area contributed by atoms with Gasteiger partial charge in [-0.15, -0.1) is 13.2 Å². The molecular formula is C25H34F3N5O2. The highest BCUT2D eigenvalue weighted by atomic mass is 19.4. The number of hydrogen-bond acceptors (Lipinski definition) is 6. The molecule has 0 aliphatic heterocycles. The molecule has 1 amide bonds. The first kappa shape index (κ1) is 29.3. The number of carbonyl (C=O) groups excluding carboxylic acids is 1. The van der Waals surface area contributed by atoms with Crippen LogP contribution in [0.3, 0.4) is 0 Å². The Morgan fingerprint density at radius 2 is 1.83 bits per heavy atom. The Bertz CT molecular complexity index is 1020. The van der Waals surface area contributed by atoms with Gasteiger partial charge in [-0.1, -0.05) is 37.3 Å². The molecule has 0 radical (unpaired) electrons. The molecule has 192 valence electrons. The number of rotatable bonds is 12. The lowest BCUT2D eigenvalue weighted by Crippen LogP contribution is -2.27. The van der Waals surface area contributed by atoms with Crippen LogP contribution in [0.4, 0.5) is 13.2 Å². The van der Waals surface area contributed by atoms with E-state index in [2.05, 4.69) is 32.5 Å². The molecule has 35 heavy (non-hydrogen) atoms. The fourth-order valence-electron chi connectivity index (χ4n) is 2.60. The summed E-state index contributed by atoms with van der Waals surface area (Å²) in [4.78, 5) is 12.7. The number of halogens is 3. The van der Waals surface area contributed by atoms with Crippen LogP contribution in [0.15, 0.2) is 76.3 Å². The average molecular weight is 494 g/mol. The first-order valence-electron chi connectivity index (χ1n) is 11.0. The molecule has 5 N–H and O–H groups in total. The third-order valence-electron chi connectivity index (χ3n) is 4.85. The van der Waals surface area contributed by atoms with Crippen molar-refractivity contribution in [3.8, 4) is 5.75 Å². The van der Waals surface area contributed by atoms with Crippen LogP contribution in [0.5, 0.6) is 5.75 Å². The van der Waals surface area contributed by atoms with E-state index in [0.717, 1.165) is 17.0 Å². The predicted molar refractivity (Wildman–Crippen MR) is 133 cm³/mol. The Balaban J connectivity index is 2.91. The number of hydrazone groups is 1. The molecule has 0 aliphatic rings. The second-order valence-corrected chi connectivity index (χ2v) is 7.87. The van der Waals surface area contributed by atoms with Gasteiger partial charge in [0.05, 0.1) is 23.7 Å². The molecule has 1 rings (SSSR count). The smallest absolute Gasteiger partial charge is 0.405 e. The lowest BCUT2D eigenvalue weighted by atomic mass is 10.1. The van der Waals surface area contributed by atoms with Gasteiger partial charge in [-0.05, 0) is 52.3 Å². The van der Waals surface area contributed by atoms with Crippen molar-refractivity contribution >= 4 is 11.6 Å². The summed E-state index contributed by atoms with van der Waals surface area (Å²) < 4.78 is 41.9. The molecule has 0 fully saturated rings. The fraction of sp³-hybridized carbons (Fsp3) is 0.360. The normalized spacial score (nSPS) is 12.9. The van der Waals surface area contributed by atoms with Crippen LogP contribution in [-0.4, -0.2) is 24.5 Å². The van der Waals surface area contributed by atoms with Crippen LogP contribution >= 0.6 is 0 Å². The van der Waals surface area contributed by atoms with Crippen molar-refractivity contribution < 1.29 is 22.7 Å². The Morgan fingerprint density at radius 3 is 2.40 bits per heavy atom. The van der Waals surface area contributed by atoms with Gasteiger partial charge >= 0.3 is 6.36 Å². The van der Waals surface area contributed by atoms with Crippen molar-refractivity contribution in [2.24, 2.45) is 10.8 Å². The number of nitrogens with zero attached hydrogens (tertiary/aromatic N) is 1. The maximum Gasteiger partial charge on any atom is 0.573 e. The molecule has 0 aliphatic carbocycles. The topological polar surface area (TPSA) is 101 Å². The van der Waals surface area contributed by atoms with Crippen LogP contribution in [0.25, 0.3) is 0 Å². The van der Waals surface area contributed by atoms with E-state index < -0.39 is 12.3 Å². The van der Waals surface area contributed by atoms with Gasteiger partial charge in [0.1, 0.15) is 5.75 Å². The maximum atomic E-state index is 12.7. The van der Waals surface area contributed by atoms with Gasteiger partial charge in [0, 0.05) is 23.4 Å². The van der Waals surface area contributed by atoms with Gasteiger partial charge in [0.25, 0.3) is 0 Å². The molecule has 0 unspecified atom stereocenters. The number of allylic oxidation sites excluding steroid dienone is 4. The minimum atomic E-state index is -4.83. The first-order chi connectivity index (χ1) is 16.4. The van der Waals surface area contributed by atoms with Crippen LogP contribution in [0.2, 0.25) is 0 Å². The molecule has 0 bridgehead atoms. The minimum absolute atomic E-state index is 0.146. The minimum Gasteiger partial charge on any atom is -0.405 e. The third-order valence-corrected chi connectivity index (χ3v) is 4.85. The van der Waals surface area contributed by atoms with E-state index in [-0.39, 0.29) is 23.6 Å². The number of ether oxygens (including phenoxy) is 1. The van der Waals surface area contributed by atoms with Gasteiger partial charge in [0.15, 0.2) is 0 Å². The number of para-hydroxylation sites is 1. The number of hydrogen-bond donors (Lipinski definition) is 4. The standard InChI is InChI=1S/C25H34F3N5O2/c1-7-19(24(34)31-15-20-11-9-10-12-23(20)35-25(26,27)28)13-21(29)22(8-2)30-14-17(5)32-33-18(6)16(3)4/h8-13,30,33H,2,7,14-15,29H2,1,3-6H3,(H,31,34)/b19-13+,22-21-,32-17+. The summed E-state index contributed by atoms with van der Waals surface area (Å²) in [5.41, 5.74) is 13.3. The fourth-order valence-corrected chi connectivity index (χ4v) is 2.60. The summed E-state index contributed by atoms with van der Waals surface area (Å²) in [5.74, 6) is -0.828. The summed E-state index contributed by atoms with van der Waals surface area (Å²) >= 11 is 0. The van der Waals surface area contributed by atoms with Gasteiger partial charge < -0.3 is 21.1 Å². The average Bonchev–Trinajstić information content (AvgIpc) is 2.79. The quantitative estimate of drug-likeness (QED) is 0.146. The molecule has 1 aromatic rings. The molecule has 10 heteroatoms. The van der Waals surface area contributed by atoms with Crippen LogP contribution in [0.1, 0.15) is 46.6 Å². The Kier molecular flexibility index (Phi) is 11.6. The summed E-state index contributed by atoms with van der Waals surface area (Å²) in [5, 5.41) is 10.0. The van der Waals surface area contributed by atoms with Crippen molar-refractivity contribution in [3.63, 3.8) is 0 Å². The highest BCUT2D eigenvalue weighted by Gasteiger charge is 2.32. The maximum absolute atomic E-state index is 12.7. The lowest BCUT2D eigenvalue weighted by Gasteiger charge is -2.14. The van der Waals surface area contributed by atoms with E-state index in [1.807, 2.05) is 27.7 Å². The summed E-state index contributed by atoms with van der Waals surface area (Å²) in [6, 6.07) is 5.62. The van der Waals surface area contributed by atoms with E-state index in [1.54, 1.807) is 13.0 Å². The summed E-state index contributed by atoms with van der Waals surface area (Å²) in [6.45, 7) is 13.5. The van der Waals surface area contributed by atoms with Crippen molar-refractivity contribution in [1.82, 2.24) is 16.1 Å². The van der Waals surface area contributed by atoms with Crippen molar-refractivity contribution in [1.29, 1.82) is 0 Å². The van der Waals surface area contributed by atoms with Gasteiger partial charge in [-0.2, -0.15) is 5.10 Å². The lowest BCUT2D eigenvalue weighted by molar-refractivity contribution is -0.274. The molecule has 0 spiro atoms. The monoisotopic (exact) mass is 493 g/mol. The predicted octanol–water partition coefficient (Wildman–Crippen LogP) is 4.76. The number of amides is 1. The highest BCUT2D eigenvalue weighted by Crippen LogP contribution is 2.26. The Hall–Kier alpha value is -3.69. The van der Waals surface area contributed by atoms with E-state index in [9.17, 15) is 18.0 Å². The largest absolute Gasteiger partial charge is 0.573 e. The Labute approximate surface area is 204 Å². The number of carbonyl (C=O) groups is 1. The van der Waals surface area contributed by atoms with E-state index in [0.29, 0.717) is 24.2 Å². The number of benzene rings is 1. The molecule has 0 saturated heterocycles. The third kappa shape index (κ3) is 10.9. The molecule has 1 aromatic carbocycles. The molecule has 0 saturated carbocycles. The van der Waals surface area contributed by atoms with E-state index in [4.69, 9.17) is 5.73 Å². The van der Waals surface area contributed by atoms with Crippen molar-refractivity contribution in [2.45, 2.75) is 53.9 Å². The van der Waals surface area contributed by atoms with E-state index >= 15 is 0 Å². The highest BCUT2D eigenvalue weighted by molar-refractivity contribution is 5.93. The van der Waals surface area contributed by atoms with Crippen molar-refractivity contribution in [3.05, 3.63) is 76.8 Å². The molecule has 7 nitrogen and oxygen atoms in total. The van der Waals surface area contributed by atoms with Crippen molar-refractivity contribution in [2.75, 3.05) is 6.54 Å². The molecule has 0 atom stereocenters. The second kappa shape index (κ2) is 13.9. The number of nitrogens with two attached hydrogens (primary N) is 1. The zero-order valence-corrected chi connectivity index (χ0v) is 20.8.